The third kappa shape index (κ3) is 2.01. The molecule has 3 rings (SSSR count). The fraction of sp³-hybridized carbons (Fsp3) is 0.385. The summed E-state index contributed by atoms with van der Waals surface area (Å²) in [5, 5.41) is 13.6. The van der Waals surface area contributed by atoms with E-state index in [1.54, 1.807) is 0 Å². The molecule has 0 aliphatic carbocycles. The van der Waals surface area contributed by atoms with Crippen LogP contribution >= 0.6 is 0 Å². The molecule has 1 N–H and O–H groups in total. The molecule has 20 heavy (non-hydrogen) atoms. The maximum atomic E-state index is 11.2. The van der Waals surface area contributed by atoms with E-state index in [0.717, 1.165) is 11.4 Å². The number of hydrogen-bond acceptors (Lipinski definition) is 5. The SMILES string of the molecule is Cc1cc(C)n(C2CN(c3ncncc3C(=O)O)C2)n1. The number of carbonyl (C=O) groups is 1. The topological polar surface area (TPSA) is 84.1 Å². The number of nitrogens with zero attached hydrogens (tertiary/aromatic N) is 5. The molecule has 0 saturated carbocycles. The lowest BCUT2D eigenvalue weighted by atomic mass is 10.1. The van der Waals surface area contributed by atoms with Gasteiger partial charge in [-0.3, -0.25) is 4.68 Å². The lowest BCUT2D eigenvalue weighted by molar-refractivity contribution is 0.0696. The number of aromatic nitrogens is 4. The highest BCUT2D eigenvalue weighted by atomic mass is 16.4. The average Bonchev–Trinajstić information content (AvgIpc) is 2.67. The summed E-state index contributed by atoms with van der Waals surface area (Å²) in [6, 6.07) is 2.30. The Balaban J connectivity index is 1.78. The fourth-order valence-corrected chi connectivity index (χ4v) is 2.52. The second-order valence-corrected chi connectivity index (χ2v) is 5.00. The quantitative estimate of drug-likeness (QED) is 0.899. The Morgan fingerprint density at radius 1 is 1.40 bits per heavy atom. The molecule has 0 spiro atoms. The number of rotatable bonds is 3. The zero-order chi connectivity index (χ0) is 14.3. The zero-order valence-electron chi connectivity index (χ0n) is 11.3. The van der Waals surface area contributed by atoms with Gasteiger partial charge in [0.25, 0.3) is 0 Å². The summed E-state index contributed by atoms with van der Waals surface area (Å²) in [7, 11) is 0. The predicted molar refractivity (Wildman–Crippen MR) is 71.9 cm³/mol. The number of carboxylic acids is 1. The van der Waals surface area contributed by atoms with Gasteiger partial charge < -0.3 is 10.0 Å². The molecule has 0 aromatic carbocycles. The molecule has 2 aromatic heterocycles. The van der Waals surface area contributed by atoms with Gasteiger partial charge in [-0.05, 0) is 19.9 Å². The first kappa shape index (κ1) is 12.6. The second-order valence-electron chi connectivity index (χ2n) is 5.00. The summed E-state index contributed by atoms with van der Waals surface area (Å²) in [6.07, 6.45) is 2.71. The molecule has 0 radical (unpaired) electrons. The van der Waals surface area contributed by atoms with Crippen LogP contribution in [0.3, 0.4) is 0 Å². The number of hydrogen-bond donors (Lipinski definition) is 1. The molecule has 1 saturated heterocycles. The van der Waals surface area contributed by atoms with Crippen molar-refractivity contribution in [3.63, 3.8) is 0 Å². The standard InChI is InChI=1S/C13H15N5O2/c1-8-3-9(2)18(16-8)10-5-17(6-10)12-11(13(19)20)4-14-7-15-12/h3-4,7,10H,5-6H2,1-2H3,(H,19,20). The van der Waals surface area contributed by atoms with Crippen LogP contribution in [0.15, 0.2) is 18.6 Å². The highest BCUT2D eigenvalue weighted by Gasteiger charge is 2.33. The van der Waals surface area contributed by atoms with Crippen LogP contribution in [0, 0.1) is 13.8 Å². The largest absolute Gasteiger partial charge is 0.477 e. The van der Waals surface area contributed by atoms with Crippen LogP contribution < -0.4 is 4.90 Å². The van der Waals surface area contributed by atoms with E-state index in [2.05, 4.69) is 15.1 Å². The molecule has 7 heteroatoms. The van der Waals surface area contributed by atoms with Crippen LogP contribution in [0.5, 0.6) is 0 Å². The highest BCUT2D eigenvalue weighted by molar-refractivity contribution is 5.93. The minimum atomic E-state index is -1.00. The number of carboxylic acid groups (broad SMARTS) is 1. The van der Waals surface area contributed by atoms with Gasteiger partial charge in [0.2, 0.25) is 0 Å². The Morgan fingerprint density at radius 2 is 2.15 bits per heavy atom. The van der Waals surface area contributed by atoms with Crippen LogP contribution in [0.25, 0.3) is 0 Å². The molecule has 3 heterocycles. The third-order valence-electron chi connectivity index (χ3n) is 3.47. The van der Waals surface area contributed by atoms with Gasteiger partial charge in [0.05, 0.1) is 11.7 Å². The molecule has 1 aliphatic heterocycles. The van der Waals surface area contributed by atoms with Crippen molar-refractivity contribution < 1.29 is 9.90 Å². The van der Waals surface area contributed by atoms with Gasteiger partial charge >= 0.3 is 5.97 Å². The molecule has 1 aliphatic rings. The lowest BCUT2D eigenvalue weighted by Crippen LogP contribution is -2.49. The van der Waals surface area contributed by atoms with Gasteiger partial charge in [-0.2, -0.15) is 5.10 Å². The van der Waals surface area contributed by atoms with E-state index in [1.165, 1.54) is 12.5 Å². The summed E-state index contributed by atoms with van der Waals surface area (Å²) in [4.78, 5) is 20.9. The minimum absolute atomic E-state index is 0.138. The van der Waals surface area contributed by atoms with Crippen LogP contribution in [0.1, 0.15) is 27.8 Å². The van der Waals surface area contributed by atoms with E-state index >= 15 is 0 Å². The van der Waals surface area contributed by atoms with Crippen LogP contribution in [-0.4, -0.2) is 43.9 Å². The van der Waals surface area contributed by atoms with E-state index in [0.29, 0.717) is 18.9 Å². The first-order chi connectivity index (χ1) is 9.56. The van der Waals surface area contributed by atoms with Crippen LogP contribution in [0.4, 0.5) is 5.82 Å². The van der Waals surface area contributed by atoms with Gasteiger partial charge in [-0.25, -0.2) is 14.8 Å². The molecule has 2 aromatic rings. The van der Waals surface area contributed by atoms with Crippen molar-refractivity contribution in [1.82, 2.24) is 19.7 Å². The molecule has 0 bridgehead atoms. The van der Waals surface area contributed by atoms with E-state index in [-0.39, 0.29) is 11.6 Å². The van der Waals surface area contributed by atoms with Gasteiger partial charge in [0.1, 0.15) is 17.7 Å². The number of aryl methyl sites for hydroxylation is 2. The minimum Gasteiger partial charge on any atom is -0.477 e. The molecule has 0 amide bonds. The first-order valence-electron chi connectivity index (χ1n) is 6.37. The Hall–Kier alpha value is -2.44. The average molecular weight is 273 g/mol. The van der Waals surface area contributed by atoms with E-state index in [1.807, 2.05) is 29.5 Å². The lowest BCUT2D eigenvalue weighted by Gasteiger charge is -2.40. The third-order valence-corrected chi connectivity index (χ3v) is 3.47. The van der Waals surface area contributed by atoms with E-state index in [9.17, 15) is 4.79 Å². The maximum Gasteiger partial charge on any atom is 0.341 e. The van der Waals surface area contributed by atoms with Crippen molar-refractivity contribution in [2.75, 3.05) is 18.0 Å². The second kappa shape index (κ2) is 4.59. The van der Waals surface area contributed by atoms with Crippen molar-refractivity contribution in [3.05, 3.63) is 35.5 Å². The smallest absolute Gasteiger partial charge is 0.341 e. The van der Waals surface area contributed by atoms with Crippen LogP contribution in [-0.2, 0) is 0 Å². The highest BCUT2D eigenvalue weighted by Crippen LogP contribution is 2.29. The van der Waals surface area contributed by atoms with Crippen molar-refractivity contribution >= 4 is 11.8 Å². The summed E-state index contributed by atoms with van der Waals surface area (Å²) in [5.74, 6) is -0.527. The Bertz CT molecular complexity index is 661. The van der Waals surface area contributed by atoms with Gasteiger partial charge in [-0.1, -0.05) is 0 Å². The Kier molecular flexibility index (Phi) is 2.89. The van der Waals surface area contributed by atoms with Crippen molar-refractivity contribution in [1.29, 1.82) is 0 Å². The van der Waals surface area contributed by atoms with Gasteiger partial charge in [0, 0.05) is 25.0 Å². The molecule has 0 unspecified atom stereocenters. The van der Waals surface area contributed by atoms with Crippen molar-refractivity contribution in [3.8, 4) is 0 Å². The Labute approximate surface area is 115 Å². The molecular formula is C13H15N5O2. The summed E-state index contributed by atoms with van der Waals surface area (Å²) in [5.41, 5.74) is 2.25. The zero-order valence-corrected chi connectivity index (χ0v) is 11.3. The van der Waals surface area contributed by atoms with Gasteiger partial charge in [0.15, 0.2) is 0 Å². The number of aromatic carboxylic acids is 1. The molecule has 104 valence electrons. The maximum absolute atomic E-state index is 11.2. The summed E-state index contributed by atoms with van der Waals surface area (Å²) >= 11 is 0. The summed E-state index contributed by atoms with van der Waals surface area (Å²) in [6.45, 7) is 5.40. The number of anilines is 1. The normalized spacial score (nSPS) is 15.2. The van der Waals surface area contributed by atoms with Crippen LogP contribution in [0.2, 0.25) is 0 Å². The Morgan fingerprint density at radius 3 is 2.75 bits per heavy atom. The molecule has 1 fully saturated rings. The van der Waals surface area contributed by atoms with E-state index < -0.39 is 5.97 Å². The molecule has 0 atom stereocenters. The van der Waals surface area contributed by atoms with Crippen molar-refractivity contribution in [2.24, 2.45) is 0 Å². The predicted octanol–water partition coefficient (Wildman–Crippen LogP) is 1.05. The fourth-order valence-electron chi connectivity index (χ4n) is 2.52. The summed E-state index contributed by atoms with van der Waals surface area (Å²) < 4.78 is 1.99. The monoisotopic (exact) mass is 273 g/mol. The van der Waals surface area contributed by atoms with Crippen molar-refractivity contribution in [2.45, 2.75) is 19.9 Å². The van der Waals surface area contributed by atoms with Gasteiger partial charge in [-0.15, -0.1) is 0 Å². The first-order valence-corrected chi connectivity index (χ1v) is 6.37. The van der Waals surface area contributed by atoms with E-state index in [4.69, 9.17) is 5.11 Å². The molecular weight excluding hydrogens is 258 g/mol. The molecule has 7 nitrogen and oxygen atoms in total.